The molecule has 1 aliphatic rings. The maximum atomic E-state index is 13.6. The quantitative estimate of drug-likeness (QED) is 0.320. The van der Waals surface area contributed by atoms with Crippen molar-refractivity contribution in [1.29, 1.82) is 0 Å². The van der Waals surface area contributed by atoms with Crippen molar-refractivity contribution in [2.24, 2.45) is 5.92 Å². The molecule has 9 heteroatoms. The van der Waals surface area contributed by atoms with Crippen molar-refractivity contribution in [3.63, 3.8) is 0 Å². The average Bonchev–Trinajstić information content (AvgIpc) is 3.51. The fraction of sp³-hybridized carbons (Fsp3) is 0.261. The number of aromatic amines is 1. The summed E-state index contributed by atoms with van der Waals surface area (Å²) in [4.78, 5) is 16.7. The number of benzene rings is 2. The van der Waals surface area contributed by atoms with Crippen LogP contribution in [-0.4, -0.2) is 40.9 Å². The fourth-order valence-electron chi connectivity index (χ4n) is 4.07. The summed E-state index contributed by atoms with van der Waals surface area (Å²) in [5.74, 6) is 0.712. The number of nitrogens with zero attached hydrogens (tertiary/aromatic N) is 2. The number of para-hydroxylation sites is 1. The third kappa shape index (κ3) is 4.35. The molecule has 0 unspecified atom stereocenters. The first-order valence-corrected chi connectivity index (χ1v) is 13.0. The van der Waals surface area contributed by atoms with Crippen LogP contribution in [0.3, 0.4) is 0 Å². The van der Waals surface area contributed by atoms with Gasteiger partial charge in [-0.1, -0.05) is 48.5 Å². The van der Waals surface area contributed by atoms with Gasteiger partial charge >= 0.3 is 0 Å². The molecule has 7 nitrogen and oxygen atoms in total. The summed E-state index contributed by atoms with van der Waals surface area (Å²) >= 11 is 1.21. The van der Waals surface area contributed by atoms with E-state index in [2.05, 4.69) is 15.2 Å². The Morgan fingerprint density at radius 3 is 2.69 bits per heavy atom. The topological polar surface area (TPSA) is 106 Å². The van der Waals surface area contributed by atoms with E-state index in [4.69, 9.17) is 4.42 Å². The number of Topliss-reactive ketones (excluding diaryl/α,β-unsaturated/α-hetero) is 1. The van der Waals surface area contributed by atoms with Gasteiger partial charge in [0.15, 0.2) is 15.6 Å². The van der Waals surface area contributed by atoms with Crippen LogP contribution in [0.5, 0.6) is 0 Å². The number of nitrogens with one attached hydrogen (secondary N) is 1. The molecule has 32 heavy (non-hydrogen) atoms. The zero-order valence-corrected chi connectivity index (χ0v) is 18.7. The lowest BCUT2D eigenvalue weighted by Crippen LogP contribution is -2.09. The van der Waals surface area contributed by atoms with Crippen LogP contribution in [0.2, 0.25) is 0 Å². The van der Waals surface area contributed by atoms with Crippen molar-refractivity contribution in [2.75, 3.05) is 11.5 Å². The SMILES string of the molecule is O=C(c1c[nH]c2ccccc12)[C@H](Sc1nnc(C[C@H]2CCS(=O)(=O)C2)o1)c1ccccc1. The van der Waals surface area contributed by atoms with Crippen LogP contribution in [-0.2, 0) is 16.3 Å². The lowest BCUT2D eigenvalue weighted by atomic mass is 10.0. The molecule has 1 saturated heterocycles. The number of sulfone groups is 1. The molecule has 1 fully saturated rings. The van der Waals surface area contributed by atoms with Crippen LogP contribution in [0.15, 0.2) is 70.4 Å². The molecule has 164 valence electrons. The van der Waals surface area contributed by atoms with E-state index in [0.29, 0.717) is 29.5 Å². The molecule has 1 aliphatic heterocycles. The molecule has 2 aromatic heterocycles. The number of carbonyl (C=O) groups excluding carboxylic acids is 1. The number of H-pyrrole nitrogens is 1. The van der Waals surface area contributed by atoms with E-state index in [1.54, 1.807) is 6.20 Å². The third-order valence-electron chi connectivity index (χ3n) is 5.65. The van der Waals surface area contributed by atoms with Crippen LogP contribution >= 0.6 is 11.8 Å². The van der Waals surface area contributed by atoms with Gasteiger partial charge in [-0.15, -0.1) is 10.2 Å². The number of fused-ring (bicyclic) bond motifs is 1. The second-order valence-electron chi connectivity index (χ2n) is 7.96. The van der Waals surface area contributed by atoms with E-state index in [9.17, 15) is 13.2 Å². The van der Waals surface area contributed by atoms with Crippen LogP contribution in [0, 0.1) is 5.92 Å². The van der Waals surface area contributed by atoms with E-state index in [1.807, 2.05) is 54.6 Å². The number of hydrogen-bond donors (Lipinski definition) is 1. The van der Waals surface area contributed by atoms with Crippen molar-refractivity contribution < 1.29 is 17.6 Å². The number of thioether (sulfide) groups is 1. The largest absolute Gasteiger partial charge is 0.416 e. The normalized spacial score (nSPS) is 18.7. The van der Waals surface area contributed by atoms with Crippen LogP contribution in [0.25, 0.3) is 10.9 Å². The predicted octanol–water partition coefficient (Wildman–Crippen LogP) is 4.24. The summed E-state index contributed by atoms with van der Waals surface area (Å²) in [6.45, 7) is 0. The molecule has 3 heterocycles. The first-order valence-electron chi connectivity index (χ1n) is 10.3. The number of rotatable bonds is 7. The van der Waals surface area contributed by atoms with E-state index < -0.39 is 15.1 Å². The average molecular weight is 468 g/mol. The van der Waals surface area contributed by atoms with E-state index >= 15 is 0 Å². The van der Waals surface area contributed by atoms with Gasteiger partial charge in [-0.3, -0.25) is 4.79 Å². The molecule has 4 aromatic rings. The third-order valence-corrected chi connectivity index (χ3v) is 8.58. The van der Waals surface area contributed by atoms with Gasteiger partial charge in [0.2, 0.25) is 5.89 Å². The van der Waals surface area contributed by atoms with Gasteiger partial charge in [0, 0.05) is 29.1 Å². The Bertz CT molecular complexity index is 1360. The van der Waals surface area contributed by atoms with Crippen molar-refractivity contribution in [1.82, 2.24) is 15.2 Å². The summed E-state index contributed by atoms with van der Waals surface area (Å²) in [6, 6.07) is 17.2. The summed E-state index contributed by atoms with van der Waals surface area (Å²) in [5, 5.41) is 8.82. The monoisotopic (exact) mass is 467 g/mol. The highest BCUT2D eigenvalue weighted by Gasteiger charge is 2.31. The van der Waals surface area contributed by atoms with Gasteiger partial charge in [-0.25, -0.2) is 8.42 Å². The summed E-state index contributed by atoms with van der Waals surface area (Å²) in [6.07, 6.45) is 2.78. The lowest BCUT2D eigenvalue weighted by molar-refractivity contribution is 0.0990. The van der Waals surface area contributed by atoms with E-state index in [0.717, 1.165) is 16.5 Å². The molecule has 5 rings (SSSR count). The Morgan fingerprint density at radius 2 is 1.91 bits per heavy atom. The molecule has 2 aromatic carbocycles. The number of carbonyl (C=O) groups is 1. The van der Waals surface area contributed by atoms with Crippen molar-refractivity contribution in [3.8, 4) is 0 Å². The molecule has 0 amide bonds. The zero-order valence-electron chi connectivity index (χ0n) is 17.1. The van der Waals surface area contributed by atoms with Gasteiger partial charge in [0.05, 0.1) is 11.5 Å². The zero-order chi connectivity index (χ0) is 22.1. The fourth-order valence-corrected chi connectivity index (χ4v) is 6.89. The van der Waals surface area contributed by atoms with Gasteiger partial charge in [-0.2, -0.15) is 0 Å². The smallest absolute Gasteiger partial charge is 0.277 e. The minimum atomic E-state index is -2.96. The molecular formula is C23H21N3O4S2. The van der Waals surface area contributed by atoms with Crippen LogP contribution in [0.1, 0.15) is 33.5 Å². The van der Waals surface area contributed by atoms with E-state index in [-0.39, 0.29) is 23.2 Å². The van der Waals surface area contributed by atoms with Crippen LogP contribution < -0.4 is 0 Å². The van der Waals surface area contributed by atoms with Gasteiger partial charge < -0.3 is 9.40 Å². The molecule has 2 atom stereocenters. The Labute approximate surface area is 189 Å². The minimum Gasteiger partial charge on any atom is -0.416 e. The molecule has 0 aliphatic carbocycles. The van der Waals surface area contributed by atoms with Gasteiger partial charge in [0.25, 0.3) is 5.22 Å². The summed E-state index contributed by atoms with van der Waals surface area (Å²) in [7, 11) is -2.96. The molecule has 1 N–H and O–H groups in total. The Hall–Kier alpha value is -2.91. The van der Waals surface area contributed by atoms with Crippen LogP contribution in [0.4, 0.5) is 0 Å². The lowest BCUT2D eigenvalue weighted by Gasteiger charge is -2.13. The van der Waals surface area contributed by atoms with Gasteiger partial charge in [0.1, 0.15) is 5.25 Å². The minimum absolute atomic E-state index is 0.00364. The Morgan fingerprint density at radius 1 is 1.12 bits per heavy atom. The molecule has 0 bridgehead atoms. The second-order valence-corrected chi connectivity index (χ2v) is 11.2. The molecular weight excluding hydrogens is 446 g/mol. The van der Waals surface area contributed by atoms with Crippen molar-refractivity contribution in [2.45, 2.75) is 23.3 Å². The maximum Gasteiger partial charge on any atom is 0.277 e. The highest BCUT2D eigenvalue weighted by molar-refractivity contribution is 8.00. The van der Waals surface area contributed by atoms with Gasteiger partial charge in [-0.05, 0) is 35.7 Å². The summed E-state index contributed by atoms with van der Waals surface area (Å²) < 4.78 is 29.2. The number of aromatic nitrogens is 3. The highest BCUT2D eigenvalue weighted by Crippen LogP contribution is 2.38. The Kier molecular flexibility index (Phi) is 5.60. The second kappa shape index (κ2) is 8.55. The number of hydrogen-bond acceptors (Lipinski definition) is 7. The predicted molar refractivity (Wildman–Crippen MR) is 122 cm³/mol. The van der Waals surface area contributed by atoms with Crippen molar-refractivity contribution in [3.05, 3.63) is 77.8 Å². The van der Waals surface area contributed by atoms with Crippen molar-refractivity contribution >= 4 is 38.3 Å². The maximum absolute atomic E-state index is 13.6. The molecule has 0 spiro atoms. The standard InChI is InChI=1S/C23H21N3O4S2/c27-21(18-13-24-19-9-5-4-8-17(18)19)22(16-6-2-1-3-7-16)31-23-26-25-20(30-23)12-15-10-11-32(28,29)14-15/h1-9,13,15,22,24H,10-12,14H2/t15-,22-/m1/s1. The molecule has 0 radical (unpaired) electrons. The first-order chi connectivity index (χ1) is 15.5. The highest BCUT2D eigenvalue weighted by atomic mass is 32.2. The summed E-state index contributed by atoms with van der Waals surface area (Å²) in [5.41, 5.74) is 2.35. The van der Waals surface area contributed by atoms with E-state index in [1.165, 1.54) is 11.8 Å². The Balaban J connectivity index is 1.40. The first kappa shape index (κ1) is 21.0. The number of ketones is 1. The molecule has 0 saturated carbocycles.